The summed E-state index contributed by atoms with van der Waals surface area (Å²) in [4.78, 5) is 0. The van der Waals surface area contributed by atoms with E-state index in [2.05, 4.69) is 37.4 Å². The zero-order chi connectivity index (χ0) is 14.6. The van der Waals surface area contributed by atoms with Gasteiger partial charge in [-0.1, -0.05) is 57.7 Å². The van der Waals surface area contributed by atoms with E-state index < -0.39 is 0 Å². The Morgan fingerprint density at radius 3 is 2.55 bits per heavy atom. The summed E-state index contributed by atoms with van der Waals surface area (Å²) < 4.78 is 5.47. The van der Waals surface area contributed by atoms with Crippen LogP contribution in [-0.2, 0) is 6.42 Å². The number of ether oxygens (including phenoxy) is 1. The number of nitrogens with one attached hydrogen (secondary N) is 1. The summed E-state index contributed by atoms with van der Waals surface area (Å²) in [5, 5.41) is 3.69. The molecule has 0 aliphatic heterocycles. The highest BCUT2D eigenvalue weighted by Crippen LogP contribution is 2.20. The van der Waals surface area contributed by atoms with E-state index in [4.69, 9.17) is 4.74 Å². The van der Waals surface area contributed by atoms with Crippen LogP contribution in [0, 0.1) is 0 Å². The average molecular weight is 277 g/mol. The first-order valence-corrected chi connectivity index (χ1v) is 8.17. The molecule has 1 unspecified atom stereocenters. The Balaban J connectivity index is 2.53. The first kappa shape index (κ1) is 17.0. The van der Waals surface area contributed by atoms with Crippen LogP contribution >= 0.6 is 0 Å². The lowest BCUT2D eigenvalue weighted by atomic mass is 9.99. The van der Waals surface area contributed by atoms with E-state index in [1.807, 2.05) is 6.07 Å². The molecule has 1 atom stereocenters. The van der Waals surface area contributed by atoms with Crippen molar-refractivity contribution in [3.05, 3.63) is 29.8 Å². The lowest BCUT2D eigenvalue weighted by Gasteiger charge is -2.20. The van der Waals surface area contributed by atoms with E-state index in [0.29, 0.717) is 6.04 Å². The minimum atomic E-state index is 0.572. The second-order valence-corrected chi connectivity index (χ2v) is 5.52. The molecule has 2 heteroatoms. The molecule has 20 heavy (non-hydrogen) atoms. The van der Waals surface area contributed by atoms with Gasteiger partial charge < -0.3 is 10.1 Å². The molecule has 0 aromatic heterocycles. The van der Waals surface area contributed by atoms with Crippen LogP contribution in [-0.4, -0.2) is 19.7 Å². The second kappa shape index (κ2) is 10.7. The normalized spacial score (nSPS) is 12.3. The summed E-state index contributed by atoms with van der Waals surface area (Å²) in [6.45, 7) is 5.60. The molecule has 0 aliphatic rings. The van der Waals surface area contributed by atoms with Crippen molar-refractivity contribution in [3.63, 3.8) is 0 Å². The summed E-state index contributed by atoms with van der Waals surface area (Å²) in [5.41, 5.74) is 1.32. The molecule has 1 rings (SSSR count). The third kappa shape index (κ3) is 6.42. The van der Waals surface area contributed by atoms with E-state index in [0.717, 1.165) is 18.7 Å². The van der Waals surface area contributed by atoms with Crippen molar-refractivity contribution in [1.29, 1.82) is 0 Å². The smallest absolute Gasteiger partial charge is 0.122 e. The average Bonchev–Trinajstić information content (AvgIpc) is 2.49. The van der Waals surface area contributed by atoms with Gasteiger partial charge in [0.05, 0.1) is 7.11 Å². The first-order valence-electron chi connectivity index (χ1n) is 8.17. The number of hydrogen-bond donors (Lipinski definition) is 1. The van der Waals surface area contributed by atoms with Gasteiger partial charge in [-0.2, -0.15) is 0 Å². The Kier molecular flexibility index (Phi) is 9.14. The Labute approximate surface area is 124 Å². The molecule has 0 saturated carbocycles. The SMILES string of the molecule is CCCCCCC(Cc1ccccc1OC)NCCC. The fourth-order valence-corrected chi connectivity index (χ4v) is 2.58. The number of benzene rings is 1. The third-order valence-corrected chi connectivity index (χ3v) is 3.75. The van der Waals surface area contributed by atoms with Crippen LogP contribution < -0.4 is 10.1 Å². The van der Waals surface area contributed by atoms with Gasteiger partial charge in [-0.3, -0.25) is 0 Å². The molecule has 0 aliphatic carbocycles. The van der Waals surface area contributed by atoms with Gasteiger partial charge >= 0.3 is 0 Å². The van der Waals surface area contributed by atoms with Gasteiger partial charge in [0.15, 0.2) is 0 Å². The molecular formula is C18H31NO. The Morgan fingerprint density at radius 2 is 1.85 bits per heavy atom. The molecule has 1 aromatic rings. The van der Waals surface area contributed by atoms with Crippen molar-refractivity contribution in [2.45, 2.75) is 64.8 Å². The molecule has 1 aromatic carbocycles. The van der Waals surface area contributed by atoms with Crippen LogP contribution in [0.5, 0.6) is 5.75 Å². The van der Waals surface area contributed by atoms with Crippen LogP contribution in [0.15, 0.2) is 24.3 Å². The van der Waals surface area contributed by atoms with E-state index >= 15 is 0 Å². The highest BCUT2D eigenvalue weighted by atomic mass is 16.5. The maximum absolute atomic E-state index is 5.47. The molecule has 0 saturated heterocycles. The predicted octanol–water partition coefficient (Wildman–Crippen LogP) is 4.58. The van der Waals surface area contributed by atoms with Crippen LogP contribution in [0.3, 0.4) is 0 Å². The summed E-state index contributed by atoms with van der Waals surface area (Å²) in [7, 11) is 1.76. The molecular weight excluding hydrogens is 246 g/mol. The fraction of sp³-hybridized carbons (Fsp3) is 0.667. The monoisotopic (exact) mass is 277 g/mol. The van der Waals surface area contributed by atoms with Gasteiger partial charge in [-0.05, 0) is 37.4 Å². The molecule has 0 heterocycles. The lowest BCUT2D eigenvalue weighted by Crippen LogP contribution is -2.31. The van der Waals surface area contributed by atoms with E-state index in [-0.39, 0.29) is 0 Å². The van der Waals surface area contributed by atoms with Gasteiger partial charge in [0.2, 0.25) is 0 Å². The summed E-state index contributed by atoms with van der Waals surface area (Å²) in [5.74, 6) is 1.02. The Hall–Kier alpha value is -1.02. The van der Waals surface area contributed by atoms with Crippen molar-refractivity contribution in [3.8, 4) is 5.75 Å². The highest BCUT2D eigenvalue weighted by Gasteiger charge is 2.11. The minimum absolute atomic E-state index is 0.572. The lowest BCUT2D eigenvalue weighted by molar-refractivity contribution is 0.399. The number of rotatable bonds is 11. The Morgan fingerprint density at radius 1 is 1.05 bits per heavy atom. The van der Waals surface area contributed by atoms with Crippen molar-refractivity contribution >= 4 is 0 Å². The molecule has 114 valence electrons. The van der Waals surface area contributed by atoms with Gasteiger partial charge in [0.25, 0.3) is 0 Å². The fourth-order valence-electron chi connectivity index (χ4n) is 2.58. The maximum Gasteiger partial charge on any atom is 0.122 e. The standard InChI is InChI=1S/C18H31NO/c1-4-6-7-8-12-17(19-14-5-2)15-16-11-9-10-13-18(16)20-3/h9-11,13,17,19H,4-8,12,14-15H2,1-3H3. The van der Waals surface area contributed by atoms with E-state index in [1.54, 1.807) is 7.11 Å². The summed E-state index contributed by atoms with van der Waals surface area (Å²) >= 11 is 0. The molecule has 0 amide bonds. The van der Waals surface area contributed by atoms with Gasteiger partial charge in [0.1, 0.15) is 5.75 Å². The van der Waals surface area contributed by atoms with Gasteiger partial charge in [-0.25, -0.2) is 0 Å². The number of hydrogen-bond acceptors (Lipinski definition) is 2. The van der Waals surface area contributed by atoms with Crippen molar-refractivity contribution in [2.75, 3.05) is 13.7 Å². The zero-order valence-electron chi connectivity index (χ0n) is 13.5. The van der Waals surface area contributed by atoms with Crippen LogP contribution in [0.1, 0.15) is 57.9 Å². The quantitative estimate of drug-likeness (QED) is 0.598. The number of para-hydroxylation sites is 1. The summed E-state index contributed by atoms with van der Waals surface area (Å²) in [6.07, 6.45) is 8.86. The number of methoxy groups -OCH3 is 1. The van der Waals surface area contributed by atoms with Crippen LogP contribution in [0.2, 0.25) is 0 Å². The second-order valence-electron chi connectivity index (χ2n) is 5.52. The van der Waals surface area contributed by atoms with Crippen molar-refractivity contribution < 1.29 is 4.74 Å². The Bertz CT molecular complexity index is 351. The summed E-state index contributed by atoms with van der Waals surface area (Å²) in [6, 6.07) is 8.96. The third-order valence-electron chi connectivity index (χ3n) is 3.75. The maximum atomic E-state index is 5.47. The minimum Gasteiger partial charge on any atom is -0.496 e. The molecule has 2 nitrogen and oxygen atoms in total. The van der Waals surface area contributed by atoms with Gasteiger partial charge in [-0.15, -0.1) is 0 Å². The van der Waals surface area contributed by atoms with Crippen LogP contribution in [0.25, 0.3) is 0 Å². The topological polar surface area (TPSA) is 21.3 Å². The van der Waals surface area contributed by atoms with Gasteiger partial charge in [0, 0.05) is 6.04 Å². The molecule has 1 N–H and O–H groups in total. The highest BCUT2D eigenvalue weighted by molar-refractivity contribution is 5.33. The number of unbranched alkanes of at least 4 members (excludes halogenated alkanes) is 3. The predicted molar refractivity (Wildman–Crippen MR) is 87.5 cm³/mol. The van der Waals surface area contributed by atoms with Crippen molar-refractivity contribution in [2.24, 2.45) is 0 Å². The molecule has 0 fully saturated rings. The van der Waals surface area contributed by atoms with Crippen molar-refractivity contribution in [1.82, 2.24) is 5.32 Å². The van der Waals surface area contributed by atoms with E-state index in [1.165, 1.54) is 44.1 Å². The zero-order valence-corrected chi connectivity index (χ0v) is 13.5. The first-order chi connectivity index (χ1) is 9.81. The molecule has 0 bridgehead atoms. The van der Waals surface area contributed by atoms with E-state index in [9.17, 15) is 0 Å². The molecule has 0 radical (unpaired) electrons. The molecule has 0 spiro atoms. The largest absolute Gasteiger partial charge is 0.496 e. The van der Waals surface area contributed by atoms with Crippen LogP contribution in [0.4, 0.5) is 0 Å².